The third kappa shape index (κ3) is 32.3. The molecule has 0 spiro atoms. The number of piperazine rings is 4. The minimum Gasteiger partial charge on any atom is -0.479 e. The predicted molar refractivity (Wildman–Crippen MR) is 583 cm³/mol. The summed E-state index contributed by atoms with van der Waals surface area (Å²) in [6.07, 6.45) is 10.2. The highest BCUT2D eigenvalue weighted by Gasteiger charge is 2.51. The quantitative estimate of drug-likeness (QED) is 0.0701. The number of likely N-dealkylation sites (N-methyl/N-ethyl adjacent to an activating group) is 2. The summed E-state index contributed by atoms with van der Waals surface area (Å²) in [7, 11) is 4.11. The lowest BCUT2D eigenvalue weighted by molar-refractivity contribution is -0.149. The molecule has 7 heterocycles. The summed E-state index contributed by atoms with van der Waals surface area (Å²) in [4.78, 5) is 109. The van der Waals surface area contributed by atoms with E-state index < -0.39 is 28.4 Å². The number of ether oxygens (including phenoxy) is 2. The van der Waals surface area contributed by atoms with Crippen LogP contribution in [0.25, 0.3) is 55.8 Å². The van der Waals surface area contributed by atoms with Crippen molar-refractivity contribution in [1.29, 1.82) is 0 Å². The average Bonchev–Trinajstić information content (AvgIpc) is 1.67. The second-order valence-corrected chi connectivity index (χ2v) is 38.6. The third-order valence-corrected chi connectivity index (χ3v) is 25.8. The number of aliphatic hydroxyl groups is 2. The van der Waals surface area contributed by atoms with Crippen molar-refractivity contribution in [2.75, 3.05) is 119 Å². The van der Waals surface area contributed by atoms with Gasteiger partial charge in [0.1, 0.15) is 16.8 Å². The highest BCUT2D eigenvalue weighted by molar-refractivity contribution is 9.10. The minimum absolute atomic E-state index is 0. The smallest absolute Gasteiger partial charge is 0.410 e. The van der Waals surface area contributed by atoms with Crippen molar-refractivity contribution in [1.82, 2.24) is 64.0 Å². The van der Waals surface area contributed by atoms with Gasteiger partial charge in [-0.1, -0.05) is 175 Å². The van der Waals surface area contributed by atoms with Crippen molar-refractivity contribution in [3.8, 4) is 17.1 Å². The molecule has 3 aromatic heterocycles. The molecule has 7 fully saturated rings. The first kappa shape index (κ1) is 116. The van der Waals surface area contributed by atoms with Crippen molar-refractivity contribution >= 4 is 115 Å². The van der Waals surface area contributed by atoms with Gasteiger partial charge in [0.15, 0.2) is 5.60 Å². The summed E-state index contributed by atoms with van der Waals surface area (Å²) >= 11 is 3.36. The Morgan fingerprint density at radius 3 is 0.965 bits per heavy atom. The Kier molecular flexibility index (Phi) is 44.9. The molecule has 4 aliphatic heterocycles. The molecule has 2 atom stereocenters. The number of para-hydroxylation sites is 3. The molecular weight excluding hydrogens is 1890 g/mol. The molecule has 8 aromatic carbocycles. The molecule has 143 heavy (non-hydrogen) atoms. The summed E-state index contributed by atoms with van der Waals surface area (Å²) in [5.74, 6) is -1.19. The first-order chi connectivity index (χ1) is 68.1. The highest BCUT2D eigenvalue weighted by atomic mass is 79.9. The van der Waals surface area contributed by atoms with Crippen LogP contribution in [0.1, 0.15) is 225 Å². The largest absolute Gasteiger partial charge is 0.479 e. The number of allylic oxidation sites excluding steroid dienone is 1. The predicted octanol–water partition coefficient (Wildman–Crippen LogP) is 21.0. The Hall–Kier alpha value is -12.0. The molecule has 6 N–H and O–H groups in total. The lowest BCUT2D eigenvalue weighted by Crippen LogP contribution is -2.53. The summed E-state index contributed by atoms with van der Waals surface area (Å²) in [5, 5.41) is 40.3. The number of benzene rings is 8. The topological polar surface area (TPSA) is 289 Å². The number of carbonyl (C=O) groups is 8. The minimum atomic E-state index is -1.33. The number of aliphatic carboxylic acids is 1. The summed E-state index contributed by atoms with van der Waals surface area (Å²) < 4.78 is 18.3. The van der Waals surface area contributed by atoms with E-state index in [1.807, 2.05) is 211 Å². The number of nitrogens with zero attached hydrogens (tertiary/aromatic N) is 10. The molecule has 3 saturated carbocycles. The number of aromatic nitrogens is 3. The number of fused-ring (bicyclic) bond motifs is 4. The first-order valence-electron chi connectivity index (χ1n) is 50.8. The standard InChI is InChI=1S/C25H29N3O3.C24H25N3O3.C20H21N3O.C16H21BrN2O3.C10H10.C8H18N2.C4H6O3.4C2H6.ClH/c1-18-17-20-7-5-6-8-22(20)28(18)21-11-9-19(10-12-21)23(29)26-13-15-27(16-14-26)24(30)31-25(2,3)4;1-17-16-19-4-2-3-5-21(19)27(17)20-8-6-18(7-9-20)22(28)25-12-14-26(15-13-25)23(29)24(30)10-11-24;1-15-14-17-4-2-3-5-19(17)23(15)18-8-6-16(7-9-18)20(24)22-12-10-21-11-13-22;1-16(2,3)22-15(21)19-10-8-18(9-11-19)14(20)12-4-6-13(17)7-5-12;1-8-6-9-4-2-3-5-10(9)7-8;1-9-7-5-3-4-6-8(7)10-2;5-3(6)4(7)1-2-4;4*1-2;/h5-12,17H,13-16H2,1-4H3;2-9,16,30H,10-15H2,1H3;2-9,14,21H,10-13H2,1H3;4-7H,8-11H2,1-3H3;2-6H,7H2,1H3;7-10H,3-6H2,1-2H3;7H,1-2H2,(H,5,6);4*1-2H3;1H/t;;;;;7-,8-;;;;;;/m.....1....../s1. The van der Waals surface area contributed by atoms with Crippen LogP contribution < -0.4 is 16.0 Å². The van der Waals surface area contributed by atoms with E-state index in [0.717, 1.165) is 82.1 Å². The molecule has 19 rings (SSSR count). The monoisotopic (exact) mass is 2040 g/mol. The van der Waals surface area contributed by atoms with Gasteiger partial charge in [-0.05, 0) is 273 Å². The Bertz CT molecular complexity index is 5950. The van der Waals surface area contributed by atoms with Crippen molar-refractivity contribution < 1.29 is 63.1 Å². The normalized spacial score (nSPS) is 16.6. The van der Waals surface area contributed by atoms with Gasteiger partial charge in [-0.3, -0.25) is 24.0 Å². The summed E-state index contributed by atoms with van der Waals surface area (Å²) in [6.45, 7) is 44.8. The van der Waals surface area contributed by atoms with Crippen LogP contribution in [0.2, 0.25) is 0 Å². The van der Waals surface area contributed by atoms with Gasteiger partial charge in [0.05, 0.1) is 16.6 Å². The zero-order valence-electron chi connectivity index (χ0n) is 87.8. The molecule has 0 radical (unpaired) electrons. The van der Waals surface area contributed by atoms with Crippen LogP contribution in [-0.2, 0) is 25.5 Å². The lowest BCUT2D eigenvalue weighted by atomic mass is 9.91. The number of carboxylic acids is 1. The zero-order valence-corrected chi connectivity index (χ0v) is 90.2. The second kappa shape index (κ2) is 55.2. The summed E-state index contributed by atoms with van der Waals surface area (Å²) in [6, 6.07) is 72.1. The zero-order chi connectivity index (χ0) is 104. The van der Waals surface area contributed by atoms with E-state index in [1.54, 1.807) is 41.5 Å². The lowest BCUT2D eigenvalue weighted by Gasteiger charge is -2.35. The van der Waals surface area contributed by atoms with E-state index in [4.69, 9.17) is 19.7 Å². The molecule has 772 valence electrons. The van der Waals surface area contributed by atoms with Gasteiger partial charge in [0.2, 0.25) is 0 Å². The van der Waals surface area contributed by atoms with E-state index in [0.29, 0.717) is 133 Å². The SMILES string of the molecule is CC.CC.CC.CC.CC(C)(C)OC(=O)N1CCN(C(=O)c2ccc(Br)cc2)CC1.CC1=Cc2ccccc2C1.CN[C@@H]1CCCC[C@H]1NC.Cc1cc2ccccc2n1-c1ccc(C(=O)N2CCN(C(=O)C3(O)CC3)CC2)cc1.Cc1cc2ccccc2n1-c1ccc(C(=O)N2CCN(C(=O)OC(C)(C)C)CC2)cc1.Cc1cc2ccccc2n1-c1ccc(C(=O)N2CCNCC2)cc1.Cl.O=C(O)C1(O)CC1. The van der Waals surface area contributed by atoms with Crippen molar-refractivity contribution in [2.45, 2.75) is 217 Å². The van der Waals surface area contributed by atoms with Crippen molar-refractivity contribution in [3.05, 3.63) is 273 Å². The van der Waals surface area contributed by atoms with Crippen LogP contribution in [0.15, 0.2) is 222 Å². The first-order valence-corrected chi connectivity index (χ1v) is 51.6. The Balaban J connectivity index is 0.000000210. The Morgan fingerprint density at radius 1 is 0.385 bits per heavy atom. The van der Waals surface area contributed by atoms with Gasteiger partial charge in [-0.2, -0.15) is 0 Å². The van der Waals surface area contributed by atoms with E-state index in [9.17, 15) is 43.5 Å². The highest BCUT2D eigenvalue weighted by Crippen LogP contribution is 2.38. The Labute approximate surface area is 862 Å². The summed E-state index contributed by atoms with van der Waals surface area (Å²) in [5.41, 5.74) is 13.7. The fraction of sp³-hybridized carbons (Fsp3) is 0.443. The number of halogens is 2. The maximum Gasteiger partial charge on any atom is 0.410 e. The Morgan fingerprint density at radius 2 is 0.671 bits per heavy atom. The third-order valence-electron chi connectivity index (χ3n) is 25.3. The molecule has 26 nitrogen and oxygen atoms in total. The average molecular weight is 2040 g/mol. The molecule has 0 bridgehead atoms. The van der Waals surface area contributed by atoms with Crippen molar-refractivity contribution in [3.63, 3.8) is 0 Å². The molecule has 28 heteroatoms. The fourth-order valence-corrected chi connectivity index (χ4v) is 17.8. The number of rotatable bonds is 11. The number of carboxylic acid groups (broad SMARTS) is 1. The van der Waals surface area contributed by atoms with Crippen LogP contribution in [0.5, 0.6) is 0 Å². The van der Waals surface area contributed by atoms with Gasteiger partial charge in [0, 0.05) is 194 Å². The maximum absolute atomic E-state index is 13.0. The van der Waals surface area contributed by atoms with Gasteiger partial charge in [0.25, 0.3) is 29.5 Å². The maximum atomic E-state index is 13.0. The number of hydrogen-bond donors (Lipinski definition) is 6. The second-order valence-electron chi connectivity index (χ2n) is 37.6. The van der Waals surface area contributed by atoms with E-state index >= 15 is 0 Å². The van der Waals surface area contributed by atoms with Crippen LogP contribution >= 0.6 is 28.3 Å². The van der Waals surface area contributed by atoms with E-state index in [2.05, 4.69) is 184 Å². The van der Waals surface area contributed by atoms with Gasteiger partial charge >= 0.3 is 18.2 Å². The molecule has 4 saturated heterocycles. The molecular formula is C115H155BrClN13O13. The van der Waals surface area contributed by atoms with Crippen LogP contribution in [0, 0.1) is 20.8 Å². The van der Waals surface area contributed by atoms with E-state index in [-0.39, 0.29) is 54.1 Å². The van der Waals surface area contributed by atoms with Crippen LogP contribution in [0.4, 0.5) is 9.59 Å². The number of nitrogens with one attached hydrogen (secondary N) is 3. The van der Waals surface area contributed by atoms with Gasteiger partial charge in [-0.15, -0.1) is 12.4 Å². The molecule has 8 aliphatic rings. The van der Waals surface area contributed by atoms with Crippen molar-refractivity contribution in [2.24, 2.45) is 0 Å². The van der Waals surface area contributed by atoms with Gasteiger partial charge < -0.3 is 88.7 Å². The molecule has 4 aliphatic carbocycles. The van der Waals surface area contributed by atoms with E-state index in [1.165, 1.54) is 69.8 Å². The molecule has 0 unspecified atom stereocenters. The fourth-order valence-electron chi connectivity index (χ4n) is 17.5. The van der Waals surface area contributed by atoms with Crippen LogP contribution in [-0.4, -0.2) is 264 Å². The number of carbonyl (C=O) groups excluding carboxylic acids is 7. The van der Waals surface area contributed by atoms with Gasteiger partial charge in [-0.25, -0.2) is 14.4 Å². The van der Waals surface area contributed by atoms with Crippen LogP contribution in [0.3, 0.4) is 0 Å². The number of aryl methyl sites for hydroxylation is 3. The molecule has 7 amide bonds. The number of hydrogen-bond acceptors (Lipinski definition) is 15. The number of amides is 7. The molecule has 11 aromatic rings.